The Morgan fingerprint density at radius 2 is 1.84 bits per heavy atom. The van der Waals surface area contributed by atoms with Crippen LogP contribution in [-0.4, -0.2) is 43.9 Å². The number of rotatable bonds is 9. The molecule has 228 valence electrons. The monoisotopic (exact) mass is 636 g/mol. The Morgan fingerprint density at radius 3 is 2.55 bits per heavy atom. The van der Waals surface area contributed by atoms with Gasteiger partial charge in [-0.05, 0) is 68.8 Å². The molecule has 0 N–H and O–H groups in total. The summed E-state index contributed by atoms with van der Waals surface area (Å²) in [6, 6.07) is 12.8. The predicted molar refractivity (Wildman–Crippen MR) is 165 cm³/mol. The van der Waals surface area contributed by atoms with Crippen LogP contribution in [-0.2, 0) is 14.3 Å². The van der Waals surface area contributed by atoms with Crippen molar-refractivity contribution < 1.29 is 33.0 Å². The molecule has 10 nitrogen and oxygen atoms in total. The number of thiazole rings is 1. The van der Waals surface area contributed by atoms with E-state index in [2.05, 4.69) is 4.99 Å². The van der Waals surface area contributed by atoms with E-state index in [-0.39, 0.29) is 28.3 Å². The molecule has 0 fully saturated rings. The molecule has 0 aliphatic carbocycles. The summed E-state index contributed by atoms with van der Waals surface area (Å²) in [4.78, 5) is 44.3. The first-order valence-corrected chi connectivity index (χ1v) is 14.9. The van der Waals surface area contributed by atoms with Gasteiger partial charge in [0.1, 0.15) is 11.5 Å². The van der Waals surface area contributed by atoms with Gasteiger partial charge in [-0.2, -0.15) is 0 Å². The molecule has 4 aromatic rings. The van der Waals surface area contributed by atoms with Crippen LogP contribution in [0.1, 0.15) is 48.5 Å². The predicted octanol–water partition coefficient (Wildman–Crippen LogP) is 4.91. The molecule has 1 aliphatic heterocycles. The molecule has 0 amide bonds. The fraction of sp³-hybridized carbons (Fsp3) is 0.250. The second-order valence-corrected chi connectivity index (χ2v) is 11.0. The molecule has 5 rings (SSSR count). The van der Waals surface area contributed by atoms with Crippen LogP contribution in [0.4, 0.5) is 0 Å². The maximum Gasteiger partial charge on any atom is 0.339 e. The third-order valence-corrected chi connectivity index (χ3v) is 8.19. The van der Waals surface area contributed by atoms with E-state index in [4.69, 9.17) is 35.0 Å². The highest BCUT2D eigenvalue weighted by atomic mass is 35.5. The molecule has 44 heavy (non-hydrogen) atoms. The van der Waals surface area contributed by atoms with Gasteiger partial charge < -0.3 is 23.4 Å². The second-order valence-electron chi connectivity index (χ2n) is 9.53. The molecule has 0 spiro atoms. The fourth-order valence-electron chi connectivity index (χ4n) is 4.90. The third kappa shape index (κ3) is 5.80. The van der Waals surface area contributed by atoms with E-state index < -0.39 is 18.0 Å². The zero-order valence-corrected chi connectivity index (χ0v) is 26.2. The van der Waals surface area contributed by atoms with E-state index in [1.165, 1.54) is 23.0 Å². The van der Waals surface area contributed by atoms with Gasteiger partial charge in [0, 0.05) is 11.6 Å². The van der Waals surface area contributed by atoms with Gasteiger partial charge in [0.15, 0.2) is 16.3 Å². The van der Waals surface area contributed by atoms with Crippen LogP contribution in [0.5, 0.6) is 11.5 Å². The summed E-state index contributed by atoms with van der Waals surface area (Å²) in [6.07, 6.45) is 1.62. The zero-order valence-electron chi connectivity index (χ0n) is 24.6. The Bertz CT molecular complexity index is 1970. The number of fused-ring (bicyclic) bond motifs is 1. The molecular formula is C32H29ClN2O8S. The Hall–Kier alpha value is -4.61. The number of allylic oxidation sites excluding steroid dienone is 1. The molecule has 1 atom stereocenters. The van der Waals surface area contributed by atoms with E-state index in [1.54, 1.807) is 75.6 Å². The van der Waals surface area contributed by atoms with Gasteiger partial charge >= 0.3 is 11.9 Å². The van der Waals surface area contributed by atoms with E-state index in [1.807, 2.05) is 6.92 Å². The molecule has 0 saturated carbocycles. The van der Waals surface area contributed by atoms with Crippen molar-refractivity contribution in [1.29, 1.82) is 0 Å². The van der Waals surface area contributed by atoms with Crippen molar-refractivity contribution in [2.45, 2.75) is 26.8 Å². The summed E-state index contributed by atoms with van der Waals surface area (Å²) in [5.41, 5.74) is 1.78. The van der Waals surface area contributed by atoms with Crippen LogP contribution in [0.2, 0.25) is 5.02 Å². The van der Waals surface area contributed by atoms with Crippen molar-refractivity contribution in [1.82, 2.24) is 4.57 Å². The van der Waals surface area contributed by atoms with Gasteiger partial charge in [-0.3, -0.25) is 9.36 Å². The van der Waals surface area contributed by atoms with Crippen molar-refractivity contribution in [2.75, 3.05) is 27.4 Å². The summed E-state index contributed by atoms with van der Waals surface area (Å²) in [5, 5.41) is 0.255. The number of hydrogen-bond donors (Lipinski definition) is 0. The van der Waals surface area contributed by atoms with Crippen LogP contribution >= 0.6 is 22.9 Å². The van der Waals surface area contributed by atoms with E-state index in [0.717, 1.165) is 0 Å². The number of nitrogens with zero attached hydrogens (tertiary/aromatic N) is 2. The van der Waals surface area contributed by atoms with Crippen molar-refractivity contribution in [3.8, 4) is 22.8 Å². The first-order valence-electron chi connectivity index (χ1n) is 13.7. The number of methoxy groups -OCH3 is 2. The van der Waals surface area contributed by atoms with Crippen LogP contribution in [0.3, 0.4) is 0 Å². The largest absolute Gasteiger partial charge is 0.493 e. The van der Waals surface area contributed by atoms with E-state index in [9.17, 15) is 14.4 Å². The van der Waals surface area contributed by atoms with Crippen LogP contribution in [0.25, 0.3) is 17.4 Å². The maximum atomic E-state index is 14.0. The van der Waals surface area contributed by atoms with Gasteiger partial charge in [-0.1, -0.05) is 29.0 Å². The van der Waals surface area contributed by atoms with Crippen LogP contribution in [0.15, 0.2) is 74.0 Å². The SMILES string of the molecule is CCOC(=O)C1=C(C)N=c2s/c(=C\c3ccc(-c4ccc(Cl)c(C(=O)OC)c4)o3)c(=O)n2[C@@H]1c1ccc(OC)c(OCC)c1. The average molecular weight is 637 g/mol. The van der Waals surface area contributed by atoms with Crippen molar-refractivity contribution in [2.24, 2.45) is 4.99 Å². The summed E-state index contributed by atoms with van der Waals surface area (Å²) in [7, 11) is 2.82. The van der Waals surface area contributed by atoms with Crippen molar-refractivity contribution in [3.05, 3.63) is 101 Å². The zero-order chi connectivity index (χ0) is 31.5. The summed E-state index contributed by atoms with van der Waals surface area (Å²) in [6.45, 7) is 5.85. The molecule has 0 saturated heterocycles. The average Bonchev–Trinajstić information content (AvgIpc) is 3.60. The fourth-order valence-corrected chi connectivity index (χ4v) is 6.12. The maximum absolute atomic E-state index is 14.0. The lowest BCUT2D eigenvalue weighted by atomic mass is 9.95. The number of furan rings is 1. The van der Waals surface area contributed by atoms with Gasteiger partial charge in [0.05, 0.1) is 59.9 Å². The van der Waals surface area contributed by atoms with Crippen LogP contribution < -0.4 is 24.4 Å². The standard InChI is InChI=1S/C32H29ClN2O8S/c1-6-41-25-15-19(9-12-24(25)39-4)28-27(31(38)42-7-2)17(3)34-32-35(28)29(36)26(44-32)16-20-10-13-23(43-20)18-8-11-22(33)21(14-18)30(37)40-5/h8-16,28H,6-7H2,1-5H3/b26-16-/t28-/m1/s1. The van der Waals surface area contributed by atoms with Gasteiger partial charge in [0.2, 0.25) is 0 Å². The third-order valence-electron chi connectivity index (χ3n) is 6.88. The normalized spacial score (nSPS) is 14.6. The minimum atomic E-state index is -0.824. The topological polar surface area (TPSA) is 119 Å². The number of carbonyl (C=O) groups excluding carboxylic acids is 2. The smallest absolute Gasteiger partial charge is 0.339 e. The first kappa shape index (κ1) is 30.8. The lowest BCUT2D eigenvalue weighted by molar-refractivity contribution is -0.139. The number of esters is 2. The van der Waals surface area contributed by atoms with Gasteiger partial charge in [-0.15, -0.1) is 0 Å². The summed E-state index contributed by atoms with van der Waals surface area (Å²) >= 11 is 7.33. The molecule has 12 heteroatoms. The highest BCUT2D eigenvalue weighted by Crippen LogP contribution is 2.36. The minimum absolute atomic E-state index is 0.162. The number of aromatic nitrogens is 1. The number of ether oxygens (including phenoxy) is 4. The Kier molecular flexibility index (Phi) is 9.07. The molecule has 1 aliphatic rings. The minimum Gasteiger partial charge on any atom is -0.493 e. The highest BCUT2D eigenvalue weighted by Gasteiger charge is 2.34. The van der Waals surface area contributed by atoms with Crippen molar-refractivity contribution >= 4 is 41.0 Å². The Labute approximate surface area is 261 Å². The van der Waals surface area contributed by atoms with E-state index >= 15 is 0 Å². The molecule has 0 bridgehead atoms. The molecule has 0 unspecified atom stereocenters. The molecule has 2 aromatic carbocycles. The molecule has 0 radical (unpaired) electrons. The molecule has 2 aromatic heterocycles. The highest BCUT2D eigenvalue weighted by molar-refractivity contribution is 7.07. The van der Waals surface area contributed by atoms with Crippen molar-refractivity contribution in [3.63, 3.8) is 0 Å². The first-order chi connectivity index (χ1) is 21.2. The second kappa shape index (κ2) is 12.9. The summed E-state index contributed by atoms with van der Waals surface area (Å²) in [5.74, 6) is 0.739. The number of halogens is 1. The summed E-state index contributed by atoms with van der Waals surface area (Å²) < 4.78 is 29.3. The number of carbonyl (C=O) groups is 2. The Balaban J connectivity index is 1.62. The molecular weight excluding hydrogens is 608 g/mol. The van der Waals surface area contributed by atoms with Gasteiger partial charge in [-0.25, -0.2) is 14.6 Å². The number of benzene rings is 2. The number of hydrogen-bond acceptors (Lipinski definition) is 10. The van der Waals surface area contributed by atoms with Gasteiger partial charge in [0.25, 0.3) is 5.56 Å². The lowest BCUT2D eigenvalue weighted by Gasteiger charge is -2.25. The Morgan fingerprint density at radius 1 is 1.05 bits per heavy atom. The molecule has 3 heterocycles. The van der Waals surface area contributed by atoms with Crippen LogP contribution in [0, 0.1) is 0 Å². The van der Waals surface area contributed by atoms with E-state index in [0.29, 0.717) is 55.8 Å². The quantitative estimate of drug-likeness (QED) is 0.238. The lowest BCUT2D eigenvalue weighted by Crippen LogP contribution is -2.39.